The highest BCUT2D eigenvalue weighted by molar-refractivity contribution is 9.10. The molecule has 0 amide bonds. The van der Waals surface area contributed by atoms with Gasteiger partial charge in [0.25, 0.3) is 0 Å². The number of halogens is 2. The Balaban J connectivity index is 2.20. The Morgan fingerprint density at radius 3 is 2.62 bits per heavy atom. The van der Waals surface area contributed by atoms with E-state index in [4.69, 9.17) is 5.73 Å². The van der Waals surface area contributed by atoms with Gasteiger partial charge in [-0.1, -0.05) is 6.92 Å². The first-order valence-corrected chi connectivity index (χ1v) is 9.24. The van der Waals surface area contributed by atoms with E-state index in [0.717, 1.165) is 17.4 Å². The molecule has 0 radical (unpaired) electrons. The molecule has 3 N–H and O–H groups in total. The number of thiophene rings is 1. The summed E-state index contributed by atoms with van der Waals surface area (Å²) in [5.41, 5.74) is 5.47. The molecule has 1 aromatic heterocycles. The first kappa shape index (κ1) is 16.4. The first-order valence-electron chi connectivity index (χ1n) is 6.15. The Labute approximate surface area is 135 Å². The Morgan fingerprint density at radius 2 is 2.00 bits per heavy atom. The Morgan fingerprint density at radius 1 is 1.33 bits per heavy atom. The van der Waals surface area contributed by atoms with E-state index in [1.165, 1.54) is 10.9 Å². The van der Waals surface area contributed by atoms with Gasteiger partial charge in [0.15, 0.2) is 0 Å². The van der Waals surface area contributed by atoms with E-state index >= 15 is 0 Å². The summed E-state index contributed by atoms with van der Waals surface area (Å²) < 4.78 is 40.3. The van der Waals surface area contributed by atoms with Crippen LogP contribution in [0.2, 0.25) is 0 Å². The molecular weight excluding hydrogens is 379 g/mol. The number of hydrogen-bond donors (Lipinski definition) is 2. The van der Waals surface area contributed by atoms with Gasteiger partial charge in [-0.15, -0.1) is 11.3 Å². The average molecular weight is 393 g/mol. The van der Waals surface area contributed by atoms with Crippen LogP contribution in [0.3, 0.4) is 0 Å². The zero-order chi connectivity index (χ0) is 15.6. The summed E-state index contributed by atoms with van der Waals surface area (Å²) in [4.78, 5) is 1.96. The third-order valence-corrected chi connectivity index (χ3v) is 6.14. The van der Waals surface area contributed by atoms with Crippen LogP contribution in [0.4, 0.5) is 10.1 Å². The highest BCUT2D eigenvalue weighted by Gasteiger charge is 2.19. The smallest absolute Gasteiger partial charge is 0.242 e. The molecule has 0 spiro atoms. The van der Waals surface area contributed by atoms with Crippen LogP contribution >= 0.6 is 27.3 Å². The number of anilines is 1. The second kappa shape index (κ2) is 6.43. The van der Waals surface area contributed by atoms with E-state index in [1.54, 1.807) is 11.3 Å². The summed E-state index contributed by atoms with van der Waals surface area (Å²) in [5, 5.41) is 0. The fourth-order valence-electron chi connectivity index (χ4n) is 1.73. The van der Waals surface area contributed by atoms with Crippen molar-refractivity contribution in [2.45, 2.75) is 24.8 Å². The quantitative estimate of drug-likeness (QED) is 0.766. The first-order chi connectivity index (χ1) is 9.83. The fraction of sp³-hybridized carbons (Fsp3) is 0.231. The maximum Gasteiger partial charge on any atom is 0.242 e. The normalized spacial score (nSPS) is 11.8. The van der Waals surface area contributed by atoms with Crippen LogP contribution in [0.25, 0.3) is 0 Å². The summed E-state index contributed by atoms with van der Waals surface area (Å²) in [5.74, 6) is -0.600. The largest absolute Gasteiger partial charge is 0.398 e. The highest BCUT2D eigenvalue weighted by atomic mass is 79.9. The second-order valence-corrected chi connectivity index (χ2v) is 8.19. The van der Waals surface area contributed by atoms with E-state index in [-0.39, 0.29) is 21.6 Å². The zero-order valence-corrected chi connectivity index (χ0v) is 14.4. The minimum absolute atomic E-state index is 0.0569. The lowest BCUT2D eigenvalue weighted by molar-refractivity contribution is 0.581. The average Bonchev–Trinajstić information content (AvgIpc) is 2.88. The van der Waals surface area contributed by atoms with Gasteiger partial charge in [0.2, 0.25) is 10.0 Å². The lowest BCUT2D eigenvalue weighted by atomic mass is 10.3. The van der Waals surface area contributed by atoms with Crippen molar-refractivity contribution in [3.05, 3.63) is 44.3 Å². The molecule has 1 heterocycles. The van der Waals surface area contributed by atoms with E-state index in [2.05, 4.69) is 20.7 Å². The number of nitrogen functional groups attached to an aromatic ring is 1. The molecule has 0 aliphatic carbocycles. The van der Waals surface area contributed by atoms with Crippen molar-refractivity contribution in [1.29, 1.82) is 0 Å². The van der Waals surface area contributed by atoms with Crippen LogP contribution in [-0.2, 0) is 23.0 Å². The number of aryl methyl sites for hydroxylation is 1. The second-order valence-electron chi connectivity index (χ2n) is 4.35. The molecule has 21 heavy (non-hydrogen) atoms. The lowest BCUT2D eigenvalue weighted by Crippen LogP contribution is -2.24. The van der Waals surface area contributed by atoms with E-state index < -0.39 is 15.8 Å². The van der Waals surface area contributed by atoms with Crippen molar-refractivity contribution >= 4 is 43.0 Å². The molecule has 0 aliphatic heterocycles. The van der Waals surface area contributed by atoms with Crippen LogP contribution in [0, 0.1) is 5.82 Å². The molecule has 2 rings (SSSR count). The SMILES string of the molecule is CCc1ccc(CNS(=O)(=O)c2cc(Br)c(F)cc2N)s1. The van der Waals surface area contributed by atoms with Gasteiger partial charge in [0.1, 0.15) is 10.7 Å². The molecule has 0 atom stereocenters. The third kappa shape index (κ3) is 3.82. The number of sulfonamides is 1. The van der Waals surface area contributed by atoms with Crippen LogP contribution in [0.5, 0.6) is 0 Å². The van der Waals surface area contributed by atoms with Crippen molar-refractivity contribution in [2.24, 2.45) is 0 Å². The molecule has 2 aromatic rings. The van der Waals surface area contributed by atoms with Crippen LogP contribution in [0.1, 0.15) is 16.7 Å². The van der Waals surface area contributed by atoms with E-state index in [1.807, 2.05) is 19.1 Å². The van der Waals surface area contributed by atoms with E-state index in [9.17, 15) is 12.8 Å². The van der Waals surface area contributed by atoms with Gasteiger partial charge in [-0.25, -0.2) is 17.5 Å². The Hall–Kier alpha value is -0.960. The molecule has 0 unspecified atom stereocenters. The van der Waals surface area contributed by atoms with Gasteiger partial charge < -0.3 is 5.73 Å². The molecule has 4 nitrogen and oxygen atoms in total. The minimum atomic E-state index is -3.79. The molecule has 0 saturated carbocycles. The summed E-state index contributed by atoms with van der Waals surface area (Å²) in [6, 6.07) is 6.00. The minimum Gasteiger partial charge on any atom is -0.398 e. The lowest BCUT2D eigenvalue weighted by Gasteiger charge is -2.09. The third-order valence-electron chi connectivity index (χ3n) is 2.84. The van der Waals surface area contributed by atoms with Gasteiger partial charge in [-0.3, -0.25) is 0 Å². The fourth-order valence-corrected chi connectivity index (χ4v) is 4.36. The Kier molecular flexibility index (Phi) is 5.03. The molecular formula is C13H14BrFN2O2S2. The highest BCUT2D eigenvalue weighted by Crippen LogP contribution is 2.26. The standard InChI is InChI=1S/C13H14BrFN2O2S2/c1-2-8-3-4-9(20-8)7-17-21(18,19)13-5-10(14)11(15)6-12(13)16/h3-6,17H,2,7,16H2,1H3. The summed E-state index contributed by atoms with van der Waals surface area (Å²) in [6.45, 7) is 2.22. The maximum atomic E-state index is 13.3. The van der Waals surface area contributed by atoms with Crippen LogP contribution in [0.15, 0.2) is 33.6 Å². The number of nitrogens with one attached hydrogen (secondary N) is 1. The van der Waals surface area contributed by atoms with Gasteiger partial charge in [-0.05, 0) is 46.6 Å². The number of hydrogen-bond acceptors (Lipinski definition) is 4. The van der Waals surface area contributed by atoms with Crippen molar-refractivity contribution < 1.29 is 12.8 Å². The predicted molar refractivity (Wildman–Crippen MR) is 86.2 cm³/mol. The molecule has 0 saturated heterocycles. The molecule has 8 heteroatoms. The van der Waals surface area contributed by atoms with Gasteiger partial charge >= 0.3 is 0 Å². The topological polar surface area (TPSA) is 72.2 Å². The molecule has 0 aliphatic rings. The molecule has 0 bridgehead atoms. The maximum absolute atomic E-state index is 13.3. The molecule has 0 fully saturated rings. The van der Waals surface area contributed by atoms with E-state index in [0.29, 0.717) is 0 Å². The number of benzene rings is 1. The Bertz CT molecular complexity index is 760. The zero-order valence-electron chi connectivity index (χ0n) is 11.2. The summed E-state index contributed by atoms with van der Waals surface area (Å²) in [7, 11) is -3.79. The van der Waals surface area contributed by atoms with Crippen molar-refractivity contribution in [3.63, 3.8) is 0 Å². The van der Waals surface area contributed by atoms with Crippen LogP contribution in [-0.4, -0.2) is 8.42 Å². The van der Waals surface area contributed by atoms with Crippen molar-refractivity contribution in [2.75, 3.05) is 5.73 Å². The molecule has 114 valence electrons. The van der Waals surface area contributed by atoms with Crippen molar-refractivity contribution in [3.8, 4) is 0 Å². The monoisotopic (exact) mass is 392 g/mol. The number of rotatable bonds is 5. The number of nitrogens with two attached hydrogens (primary N) is 1. The predicted octanol–water partition coefficient (Wildman–Crippen LogP) is 3.27. The summed E-state index contributed by atoms with van der Waals surface area (Å²) in [6.07, 6.45) is 0.912. The van der Waals surface area contributed by atoms with Gasteiger partial charge in [0, 0.05) is 16.3 Å². The summed E-state index contributed by atoms with van der Waals surface area (Å²) >= 11 is 4.51. The molecule has 1 aromatic carbocycles. The van der Waals surface area contributed by atoms with Gasteiger partial charge in [-0.2, -0.15) is 0 Å². The van der Waals surface area contributed by atoms with Crippen LogP contribution < -0.4 is 10.5 Å². The van der Waals surface area contributed by atoms with Crippen molar-refractivity contribution in [1.82, 2.24) is 4.72 Å². The van der Waals surface area contributed by atoms with Gasteiger partial charge in [0.05, 0.1) is 10.2 Å².